The highest BCUT2D eigenvalue weighted by Gasteiger charge is 2.20. The number of hydrogen-bond donors (Lipinski definition) is 1. The van der Waals surface area contributed by atoms with Crippen molar-refractivity contribution in [2.24, 2.45) is 0 Å². The normalized spacial score (nSPS) is 14.3. The molecule has 7 nitrogen and oxygen atoms in total. The zero-order chi connectivity index (χ0) is 17.6. The largest absolute Gasteiger partial charge is 0.494 e. The predicted octanol–water partition coefficient (Wildman–Crippen LogP) is 2.29. The van der Waals surface area contributed by atoms with E-state index < -0.39 is 0 Å². The van der Waals surface area contributed by atoms with Gasteiger partial charge in [-0.3, -0.25) is 4.79 Å². The minimum atomic E-state index is 0.117. The molecule has 1 aromatic heterocycles. The first-order valence-corrected chi connectivity index (χ1v) is 8.49. The van der Waals surface area contributed by atoms with E-state index in [0.29, 0.717) is 25.6 Å². The molecule has 2 heterocycles. The molecular formula is C18H23N5O2. The molecule has 1 aromatic carbocycles. The molecule has 0 atom stereocenters. The lowest BCUT2D eigenvalue weighted by Gasteiger charge is -2.34. The highest BCUT2D eigenvalue weighted by molar-refractivity contribution is 5.73. The first-order chi connectivity index (χ1) is 12.2. The molecule has 0 radical (unpaired) electrons. The third-order valence-electron chi connectivity index (χ3n) is 4.09. The van der Waals surface area contributed by atoms with Gasteiger partial charge in [-0.1, -0.05) is 0 Å². The van der Waals surface area contributed by atoms with E-state index in [9.17, 15) is 4.79 Å². The van der Waals surface area contributed by atoms with Crippen molar-refractivity contribution in [3.63, 3.8) is 0 Å². The van der Waals surface area contributed by atoms with Crippen LogP contribution in [0.1, 0.15) is 13.8 Å². The maximum absolute atomic E-state index is 11.4. The molecule has 0 saturated carbocycles. The van der Waals surface area contributed by atoms with Crippen LogP contribution >= 0.6 is 0 Å². The molecule has 1 amide bonds. The van der Waals surface area contributed by atoms with Crippen LogP contribution in [0.15, 0.2) is 36.5 Å². The Morgan fingerprint density at radius 3 is 2.52 bits per heavy atom. The zero-order valence-corrected chi connectivity index (χ0v) is 14.6. The van der Waals surface area contributed by atoms with Crippen LogP contribution in [-0.2, 0) is 4.79 Å². The zero-order valence-electron chi connectivity index (χ0n) is 14.6. The first-order valence-electron chi connectivity index (χ1n) is 8.49. The number of aromatic nitrogens is 2. The van der Waals surface area contributed by atoms with E-state index in [1.807, 2.05) is 42.2 Å². The van der Waals surface area contributed by atoms with Crippen molar-refractivity contribution in [3.05, 3.63) is 36.5 Å². The fraction of sp³-hybridized carbons (Fsp3) is 0.389. The summed E-state index contributed by atoms with van der Waals surface area (Å²) >= 11 is 0. The summed E-state index contributed by atoms with van der Waals surface area (Å²) in [6.07, 6.45) is 1.75. The Morgan fingerprint density at radius 2 is 1.88 bits per heavy atom. The molecule has 0 bridgehead atoms. The van der Waals surface area contributed by atoms with Crippen molar-refractivity contribution in [2.75, 3.05) is 43.0 Å². The molecule has 0 aliphatic carbocycles. The molecular weight excluding hydrogens is 318 g/mol. The average Bonchev–Trinajstić information content (AvgIpc) is 2.64. The van der Waals surface area contributed by atoms with Gasteiger partial charge in [-0.25, -0.2) is 4.98 Å². The van der Waals surface area contributed by atoms with Crippen molar-refractivity contribution < 1.29 is 9.53 Å². The monoisotopic (exact) mass is 341 g/mol. The highest BCUT2D eigenvalue weighted by atomic mass is 16.5. The van der Waals surface area contributed by atoms with Crippen LogP contribution < -0.4 is 15.0 Å². The Morgan fingerprint density at radius 1 is 1.16 bits per heavy atom. The highest BCUT2D eigenvalue weighted by Crippen LogP contribution is 2.20. The molecule has 1 aliphatic heterocycles. The molecule has 1 fully saturated rings. The third kappa shape index (κ3) is 4.37. The fourth-order valence-electron chi connectivity index (χ4n) is 2.74. The van der Waals surface area contributed by atoms with E-state index in [4.69, 9.17) is 4.74 Å². The van der Waals surface area contributed by atoms with E-state index >= 15 is 0 Å². The van der Waals surface area contributed by atoms with Gasteiger partial charge in [0.25, 0.3) is 0 Å². The number of benzene rings is 1. The number of piperazine rings is 1. The lowest BCUT2D eigenvalue weighted by Crippen LogP contribution is -2.48. The van der Waals surface area contributed by atoms with Crippen LogP contribution in [0.25, 0.3) is 0 Å². The Bertz CT molecular complexity index is 712. The van der Waals surface area contributed by atoms with Gasteiger partial charge >= 0.3 is 0 Å². The number of ether oxygens (including phenoxy) is 1. The summed E-state index contributed by atoms with van der Waals surface area (Å²) in [6.45, 7) is 7.11. The lowest BCUT2D eigenvalue weighted by molar-refractivity contribution is -0.129. The third-order valence-corrected chi connectivity index (χ3v) is 4.09. The van der Waals surface area contributed by atoms with Crippen molar-refractivity contribution in [2.45, 2.75) is 13.8 Å². The van der Waals surface area contributed by atoms with Gasteiger partial charge in [-0.15, -0.1) is 0 Å². The smallest absolute Gasteiger partial charge is 0.227 e. The van der Waals surface area contributed by atoms with Crippen LogP contribution in [0.5, 0.6) is 5.75 Å². The molecule has 1 aliphatic rings. The van der Waals surface area contributed by atoms with Crippen molar-refractivity contribution in [3.8, 4) is 5.75 Å². The van der Waals surface area contributed by atoms with E-state index in [1.54, 1.807) is 13.1 Å². The van der Waals surface area contributed by atoms with E-state index in [-0.39, 0.29) is 5.91 Å². The summed E-state index contributed by atoms with van der Waals surface area (Å²) in [5, 5.41) is 3.28. The van der Waals surface area contributed by atoms with Crippen molar-refractivity contribution in [1.29, 1.82) is 0 Å². The number of anilines is 3. The van der Waals surface area contributed by atoms with E-state index in [2.05, 4.69) is 20.2 Å². The van der Waals surface area contributed by atoms with Crippen LogP contribution in [0.4, 0.5) is 17.5 Å². The topological polar surface area (TPSA) is 70.6 Å². The Labute approximate surface area is 147 Å². The Kier molecular flexibility index (Phi) is 5.33. The summed E-state index contributed by atoms with van der Waals surface area (Å²) in [7, 11) is 0. The fourth-order valence-corrected chi connectivity index (χ4v) is 2.74. The van der Waals surface area contributed by atoms with Gasteiger partial charge in [0, 0.05) is 45.0 Å². The number of nitrogens with zero attached hydrogens (tertiary/aromatic N) is 4. The Balaban J connectivity index is 1.64. The number of rotatable bonds is 5. The molecule has 0 unspecified atom stereocenters. The van der Waals surface area contributed by atoms with E-state index in [1.165, 1.54) is 0 Å². The standard InChI is InChI=1S/C18H23N5O2/c1-3-25-16-6-4-15(5-7-16)20-17-8-9-19-18(21-17)23-12-10-22(11-13-23)14(2)24/h4-9H,3,10-13H2,1-2H3,(H,19,20,21). The lowest BCUT2D eigenvalue weighted by atomic mass is 10.3. The molecule has 3 rings (SSSR count). The van der Waals surface area contributed by atoms with Crippen molar-refractivity contribution in [1.82, 2.24) is 14.9 Å². The first kappa shape index (κ1) is 17.0. The maximum atomic E-state index is 11.4. The van der Waals surface area contributed by atoms with Crippen LogP contribution in [-0.4, -0.2) is 53.6 Å². The minimum absolute atomic E-state index is 0.117. The van der Waals surface area contributed by atoms with Crippen LogP contribution in [0, 0.1) is 0 Å². The number of hydrogen-bond acceptors (Lipinski definition) is 6. The summed E-state index contributed by atoms with van der Waals surface area (Å²) < 4.78 is 5.45. The molecule has 132 valence electrons. The van der Waals surface area contributed by atoms with Crippen molar-refractivity contribution >= 4 is 23.4 Å². The Hall–Kier alpha value is -2.83. The second-order valence-electron chi connectivity index (χ2n) is 5.82. The van der Waals surface area contributed by atoms with Gasteiger partial charge < -0.3 is 19.9 Å². The second kappa shape index (κ2) is 7.83. The number of nitrogens with one attached hydrogen (secondary N) is 1. The quantitative estimate of drug-likeness (QED) is 0.900. The van der Waals surface area contributed by atoms with Gasteiger partial charge in [0.05, 0.1) is 6.61 Å². The molecule has 2 aromatic rings. The van der Waals surface area contributed by atoms with E-state index in [0.717, 1.165) is 30.3 Å². The van der Waals surface area contributed by atoms with Gasteiger partial charge in [-0.05, 0) is 37.3 Å². The predicted molar refractivity (Wildman–Crippen MR) is 97.4 cm³/mol. The molecule has 1 N–H and O–H groups in total. The van der Waals surface area contributed by atoms with Crippen LogP contribution in [0.3, 0.4) is 0 Å². The summed E-state index contributed by atoms with van der Waals surface area (Å²) in [6, 6.07) is 9.60. The SMILES string of the molecule is CCOc1ccc(Nc2ccnc(N3CCN(C(C)=O)CC3)n2)cc1. The molecule has 1 saturated heterocycles. The number of carbonyl (C=O) groups excluding carboxylic acids is 1. The second-order valence-corrected chi connectivity index (χ2v) is 5.82. The molecule has 7 heteroatoms. The maximum Gasteiger partial charge on any atom is 0.227 e. The van der Waals surface area contributed by atoms with Gasteiger partial charge in [0.2, 0.25) is 11.9 Å². The summed E-state index contributed by atoms with van der Waals surface area (Å²) in [5.41, 5.74) is 0.939. The number of amides is 1. The summed E-state index contributed by atoms with van der Waals surface area (Å²) in [5.74, 6) is 2.38. The average molecular weight is 341 g/mol. The molecule has 0 spiro atoms. The van der Waals surface area contributed by atoms with Gasteiger partial charge in [0.1, 0.15) is 11.6 Å². The minimum Gasteiger partial charge on any atom is -0.494 e. The number of carbonyl (C=O) groups is 1. The van der Waals surface area contributed by atoms with Gasteiger partial charge in [-0.2, -0.15) is 4.98 Å². The molecule has 25 heavy (non-hydrogen) atoms. The van der Waals surface area contributed by atoms with Crippen LogP contribution in [0.2, 0.25) is 0 Å². The van der Waals surface area contributed by atoms with Gasteiger partial charge in [0.15, 0.2) is 0 Å². The summed E-state index contributed by atoms with van der Waals surface area (Å²) in [4.78, 5) is 24.3.